The first kappa shape index (κ1) is 18.8. The van der Waals surface area contributed by atoms with Gasteiger partial charge >= 0.3 is 5.97 Å². The van der Waals surface area contributed by atoms with Gasteiger partial charge in [0, 0.05) is 30.1 Å². The van der Waals surface area contributed by atoms with Crippen molar-refractivity contribution in [3.63, 3.8) is 0 Å². The lowest BCUT2D eigenvalue weighted by Crippen LogP contribution is -2.30. The maximum atomic E-state index is 12.0. The van der Waals surface area contributed by atoms with E-state index in [1.165, 1.54) is 18.2 Å². The molecule has 0 aliphatic carbocycles. The fraction of sp³-hybridized carbons (Fsp3) is 0.105. The summed E-state index contributed by atoms with van der Waals surface area (Å²) in [4.78, 5) is 34.0. The fourth-order valence-corrected chi connectivity index (χ4v) is 2.40. The minimum Gasteiger partial charge on any atom is -0.460 e. The molecule has 1 N–H and O–H groups in total. The maximum Gasteiger partial charge on any atom is 0.325 e. The summed E-state index contributed by atoms with van der Waals surface area (Å²) in [7, 11) is 0. The molecule has 0 spiro atoms. The lowest BCUT2D eigenvalue weighted by molar-refractivity contribution is -0.384. The SMILES string of the molecule is O=C(CNC(=O)c1cccc([N+](=O)[O-])c1)OCc1ccc(-n2cccn2)cc1. The lowest BCUT2D eigenvalue weighted by Gasteiger charge is -2.08. The summed E-state index contributed by atoms with van der Waals surface area (Å²) in [5, 5.41) is 17.3. The molecule has 3 rings (SSSR count). The van der Waals surface area contributed by atoms with Crippen LogP contribution in [-0.2, 0) is 16.1 Å². The van der Waals surface area contributed by atoms with Gasteiger partial charge in [0.1, 0.15) is 13.2 Å². The van der Waals surface area contributed by atoms with Gasteiger partial charge in [-0.15, -0.1) is 0 Å². The molecule has 1 amide bonds. The van der Waals surface area contributed by atoms with Crippen molar-refractivity contribution in [1.82, 2.24) is 15.1 Å². The minimum absolute atomic E-state index is 0.0604. The number of esters is 1. The van der Waals surface area contributed by atoms with Crippen molar-refractivity contribution in [1.29, 1.82) is 0 Å². The van der Waals surface area contributed by atoms with Gasteiger partial charge in [0.25, 0.3) is 11.6 Å². The Balaban J connectivity index is 1.47. The third-order valence-electron chi connectivity index (χ3n) is 3.82. The molecule has 0 saturated heterocycles. The number of amides is 1. The zero-order valence-corrected chi connectivity index (χ0v) is 14.6. The van der Waals surface area contributed by atoms with E-state index in [0.29, 0.717) is 0 Å². The molecule has 3 aromatic rings. The third-order valence-corrected chi connectivity index (χ3v) is 3.82. The second-order valence-corrected chi connectivity index (χ2v) is 5.77. The summed E-state index contributed by atoms with van der Waals surface area (Å²) in [6, 6.07) is 14.4. The molecule has 0 fully saturated rings. The van der Waals surface area contributed by atoms with Crippen molar-refractivity contribution in [2.75, 3.05) is 6.54 Å². The molecule has 1 aromatic heterocycles. The Bertz CT molecular complexity index is 984. The molecular formula is C19H16N4O5. The Morgan fingerprint density at radius 2 is 1.93 bits per heavy atom. The average Bonchev–Trinajstić information content (AvgIpc) is 3.25. The standard InChI is InChI=1S/C19H16N4O5/c24-18(12-20-19(25)15-3-1-4-17(11-15)23(26)27)28-13-14-5-7-16(8-6-14)22-10-2-9-21-22/h1-11H,12-13H2,(H,20,25). The first-order valence-electron chi connectivity index (χ1n) is 8.30. The highest BCUT2D eigenvalue weighted by Gasteiger charge is 2.13. The summed E-state index contributed by atoms with van der Waals surface area (Å²) in [6.45, 7) is -0.280. The molecule has 9 heteroatoms. The van der Waals surface area contributed by atoms with Crippen LogP contribution in [0.2, 0.25) is 0 Å². The van der Waals surface area contributed by atoms with E-state index in [1.54, 1.807) is 10.9 Å². The predicted molar refractivity (Wildman–Crippen MR) is 98.8 cm³/mol. The van der Waals surface area contributed by atoms with E-state index in [2.05, 4.69) is 10.4 Å². The number of nitrogens with one attached hydrogen (secondary N) is 1. The predicted octanol–water partition coefficient (Wildman–Crippen LogP) is 2.25. The molecule has 0 saturated carbocycles. The van der Waals surface area contributed by atoms with Crippen LogP contribution in [0.4, 0.5) is 5.69 Å². The molecule has 1 heterocycles. The molecule has 0 unspecified atom stereocenters. The Labute approximate surface area is 159 Å². The van der Waals surface area contributed by atoms with Crippen molar-refractivity contribution < 1.29 is 19.2 Å². The first-order chi connectivity index (χ1) is 13.5. The number of nitrogens with zero attached hydrogens (tertiary/aromatic N) is 3. The van der Waals surface area contributed by atoms with Crippen molar-refractivity contribution >= 4 is 17.6 Å². The fourth-order valence-electron chi connectivity index (χ4n) is 2.40. The average molecular weight is 380 g/mol. The van der Waals surface area contributed by atoms with E-state index in [4.69, 9.17) is 4.74 Å². The van der Waals surface area contributed by atoms with Gasteiger partial charge in [-0.2, -0.15) is 5.10 Å². The van der Waals surface area contributed by atoms with Gasteiger partial charge in [0.15, 0.2) is 0 Å². The van der Waals surface area contributed by atoms with Crippen molar-refractivity contribution in [3.8, 4) is 5.69 Å². The number of benzene rings is 2. The second kappa shape index (κ2) is 8.58. The van der Waals surface area contributed by atoms with Gasteiger partial charge in [-0.05, 0) is 29.8 Å². The number of carbonyl (C=O) groups excluding carboxylic acids is 2. The molecule has 28 heavy (non-hydrogen) atoms. The molecular weight excluding hydrogens is 364 g/mol. The molecule has 0 aliphatic rings. The van der Waals surface area contributed by atoms with Gasteiger partial charge < -0.3 is 10.1 Å². The summed E-state index contributed by atoms with van der Waals surface area (Å²) < 4.78 is 6.83. The number of aromatic nitrogens is 2. The minimum atomic E-state index is -0.616. The molecule has 2 aromatic carbocycles. The number of nitro groups is 1. The quantitative estimate of drug-likeness (QED) is 0.382. The van der Waals surface area contributed by atoms with Gasteiger partial charge in [0.2, 0.25) is 0 Å². The van der Waals surface area contributed by atoms with E-state index in [-0.39, 0.29) is 24.4 Å². The third kappa shape index (κ3) is 4.79. The number of nitro benzene ring substituents is 1. The van der Waals surface area contributed by atoms with Crippen LogP contribution in [0.3, 0.4) is 0 Å². The Morgan fingerprint density at radius 1 is 1.14 bits per heavy atom. The summed E-state index contributed by atoms with van der Waals surface area (Å²) in [5.74, 6) is -1.21. The van der Waals surface area contributed by atoms with Crippen molar-refractivity contribution in [2.24, 2.45) is 0 Å². The second-order valence-electron chi connectivity index (χ2n) is 5.77. The normalized spacial score (nSPS) is 10.3. The van der Waals surface area contributed by atoms with Gasteiger partial charge in [-0.3, -0.25) is 19.7 Å². The van der Waals surface area contributed by atoms with E-state index in [0.717, 1.165) is 17.3 Å². The van der Waals surface area contributed by atoms with Crippen LogP contribution in [-0.4, -0.2) is 33.1 Å². The molecule has 0 atom stereocenters. The number of hydrogen-bond acceptors (Lipinski definition) is 6. The van der Waals surface area contributed by atoms with E-state index >= 15 is 0 Å². The van der Waals surface area contributed by atoms with Crippen molar-refractivity contribution in [2.45, 2.75) is 6.61 Å². The van der Waals surface area contributed by atoms with Crippen LogP contribution in [0.5, 0.6) is 0 Å². The highest BCUT2D eigenvalue weighted by Crippen LogP contribution is 2.13. The number of hydrogen-bond donors (Lipinski definition) is 1. The highest BCUT2D eigenvalue weighted by molar-refractivity contribution is 5.96. The molecule has 0 aliphatic heterocycles. The van der Waals surface area contributed by atoms with Crippen LogP contribution in [0, 0.1) is 10.1 Å². The highest BCUT2D eigenvalue weighted by atomic mass is 16.6. The molecule has 142 valence electrons. The van der Waals surface area contributed by atoms with Crippen LogP contribution in [0.15, 0.2) is 67.0 Å². The Hall–Kier alpha value is -4.01. The zero-order chi connectivity index (χ0) is 19.9. The number of ether oxygens (including phenoxy) is 1. The summed E-state index contributed by atoms with van der Waals surface area (Å²) in [5.41, 5.74) is 1.56. The lowest BCUT2D eigenvalue weighted by atomic mass is 10.2. The number of rotatable bonds is 7. The van der Waals surface area contributed by atoms with Crippen LogP contribution in [0.1, 0.15) is 15.9 Å². The van der Waals surface area contributed by atoms with E-state index in [9.17, 15) is 19.7 Å². The van der Waals surface area contributed by atoms with Crippen LogP contribution < -0.4 is 5.32 Å². The number of carbonyl (C=O) groups is 2. The van der Waals surface area contributed by atoms with Crippen molar-refractivity contribution in [3.05, 3.63) is 88.2 Å². The monoisotopic (exact) mass is 380 g/mol. The van der Waals surface area contributed by atoms with E-state index in [1.807, 2.05) is 36.5 Å². The summed E-state index contributed by atoms with van der Waals surface area (Å²) >= 11 is 0. The molecule has 0 bridgehead atoms. The van der Waals surface area contributed by atoms with E-state index < -0.39 is 16.8 Å². The number of non-ortho nitro benzene ring substituents is 1. The van der Waals surface area contributed by atoms with Crippen LogP contribution in [0.25, 0.3) is 5.69 Å². The topological polar surface area (TPSA) is 116 Å². The first-order valence-corrected chi connectivity index (χ1v) is 8.30. The summed E-state index contributed by atoms with van der Waals surface area (Å²) in [6.07, 6.45) is 3.50. The van der Waals surface area contributed by atoms with Gasteiger partial charge in [-0.1, -0.05) is 18.2 Å². The van der Waals surface area contributed by atoms with Gasteiger partial charge in [0.05, 0.1) is 10.6 Å². The Kier molecular flexibility index (Phi) is 5.75. The van der Waals surface area contributed by atoms with Crippen LogP contribution >= 0.6 is 0 Å². The Morgan fingerprint density at radius 3 is 2.61 bits per heavy atom. The smallest absolute Gasteiger partial charge is 0.325 e. The largest absolute Gasteiger partial charge is 0.460 e. The molecule has 0 radical (unpaired) electrons. The molecule has 9 nitrogen and oxygen atoms in total. The van der Waals surface area contributed by atoms with Gasteiger partial charge in [-0.25, -0.2) is 4.68 Å². The maximum absolute atomic E-state index is 12.0. The zero-order valence-electron chi connectivity index (χ0n) is 14.6.